The van der Waals surface area contributed by atoms with Crippen molar-refractivity contribution in [3.05, 3.63) is 47.0 Å². The van der Waals surface area contributed by atoms with Gasteiger partial charge in [-0.25, -0.2) is 4.98 Å². The van der Waals surface area contributed by atoms with Crippen LogP contribution in [-0.2, 0) is 6.54 Å². The van der Waals surface area contributed by atoms with E-state index in [4.69, 9.17) is 5.73 Å². The lowest BCUT2D eigenvalue weighted by atomic mass is 10.1. The van der Waals surface area contributed by atoms with Gasteiger partial charge in [0.05, 0.1) is 11.9 Å². The van der Waals surface area contributed by atoms with Gasteiger partial charge in [-0.2, -0.15) is 0 Å². The fourth-order valence-electron chi connectivity index (χ4n) is 1.88. The molecule has 0 fully saturated rings. The van der Waals surface area contributed by atoms with Gasteiger partial charge in [0.15, 0.2) is 0 Å². The number of hydrogen-bond acceptors (Lipinski definition) is 3. The molecule has 0 bridgehead atoms. The van der Waals surface area contributed by atoms with Crippen molar-refractivity contribution in [2.45, 2.75) is 19.4 Å². The Morgan fingerprint density at radius 2 is 2.25 bits per heavy atom. The molecule has 2 aromatic rings. The van der Waals surface area contributed by atoms with E-state index in [1.54, 1.807) is 24.7 Å². The van der Waals surface area contributed by atoms with E-state index in [-0.39, 0.29) is 5.91 Å². The van der Waals surface area contributed by atoms with Gasteiger partial charge in [-0.3, -0.25) is 4.79 Å². The van der Waals surface area contributed by atoms with Crippen molar-refractivity contribution in [2.75, 3.05) is 12.3 Å². The number of imidazole rings is 1. The smallest absolute Gasteiger partial charge is 0.253 e. The van der Waals surface area contributed by atoms with Gasteiger partial charge in [0.1, 0.15) is 0 Å². The number of nitrogen functional groups attached to an aromatic ring is 1. The summed E-state index contributed by atoms with van der Waals surface area (Å²) in [5, 5.41) is 2.88. The van der Waals surface area contributed by atoms with E-state index in [2.05, 4.69) is 26.2 Å². The number of unbranched alkanes of at least 4 members (excludes halogenated alkanes) is 1. The molecule has 106 valence electrons. The molecule has 0 saturated heterocycles. The molecular formula is C14H17BrN4O. The van der Waals surface area contributed by atoms with Gasteiger partial charge < -0.3 is 15.6 Å². The number of anilines is 1. The predicted molar refractivity (Wildman–Crippen MR) is 82.3 cm³/mol. The zero-order valence-corrected chi connectivity index (χ0v) is 12.6. The van der Waals surface area contributed by atoms with Gasteiger partial charge in [0.2, 0.25) is 0 Å². The number of nitrogens with two attached hydrogens (primary N) is 1. The maximum absolute atomic E-state index is 11.9. The normalized spacial score (nSPS) is 10.4. The minimum atomic E-state index is -0.127. The number of aryl methyl sites for hydroxylation is 1. The first kappa shape index (κ1) is 14.6. The van der Waals surface area contributed by atoms with Gasteiger partial charge in [0.25, 0.3) is 5.91 Å². The summed E-state index contributed by atoms with van der Waals surface area (Å²) in [6.07, 6.45) is 7.40. The topological polar surface area (TPSA) is 72.9 Å². The Hall–Kier alpha value is -1.82. The number of rotatable bonds is 6. The number of carbonyl (C=O) groups excluding carboxylic acids is 1. The third-order valence-corrected chi connectivity index (χ3v) is 3.44. The highest BCUT2D eigenvalue weighted by atomic mass is 79.9. The summed E-state index contributed by atoms with van der Waals surface area (Å²) in [4.78, 5) is 15.9. The number of nitrogens with one attached hydrogen (secondary N) is 1. The van der Waals surface area contributed by atoms with Gasteiger partial charge >= 0.3 is 0 Å². The lowest BCUT2D eigenvalue weighted by molar-refractivity contribution is 0.0954. The molecule has 0 aliphatic heterocycles. The fourth-order valence-corrected chi connectivity index (χ4v) is 2.25. The molecule has 1 amide bonds. The SMILES string of the molecule is Nc1cc(Br)ccc1C(=O)NCCCCn1ccnc1. The second-order valence-electron chi connectivity index (χ2n) is 4.50. The maximum atomic E-state index is 11.9. The number of hydrogen-bond donors (Lipinski definition) is 2. The van der Waals surface area contributed by atoms with E-state index < -0.39 is 0 Å². The molecular weight excluding hydrogens is 320 g/mol. The summed E-state index contributed by atoms with van der Waals surface area (Å²) in [5.74, 6) is -0.127. The summed E-state index contributed by atoms with van der Waals surface area (Å²) >= 11 is 3.32. The molecule has 1 aromatic heterocycles. The van der Waals surface area contributed by atoms with Crippen LogP contribution in [0.3, 0.4) is 0 Å². The standard InChI is InChI=1S/C14H17BrN4O/c15-11-3-4-12(13(16)9-11)14(20)18-5-1-2-7-19-8-6-17-10-19/h3-4,6,8-10H,1-2,5,7,16H2,(H,18,20). The third kappa shape index (κ3) is 4.09. The first-order valence-electron chi connectivity index (χ1n) is 6.46. The van der Waals surface area contributed by atoms with Crippen molar-refractivity contribution in [1.82, 2.24) is 14.9 Å². The Labute approximate surface area is 126 Å². The van der Waals surface area contributed by atoms with E-state index in [0.29, 0.717) is 17.8 Å². The van der Waals surface area contributed by atoms with Crippen LogP contribution in [-0.4, -0.2) is 22.0 Å². The summed E-state index contributed by atoms with van der Waals surface area (Å²) in [7, 11) is 0. The van der Waals surface area contributed by atoms with Crippen LogP contribution in [0.1, 0.15) is 23.2 Å². The molecule has 0 spiro atoms. The van der Waals surface area contributed by atoms with Crippen molar-refractivity contribution in [1.29, 1.82) is 0 Å². The number of amides is 1. The molecule has 6 heteroatoms. The van der Waals surface area contributed by atoms with Gasteiger partial charge in [-0.15, -0.1) is 0 Å². The molecule has 2 rings (SSSR count). The van der Waals surface area contributed by atoms with Crippen molar-refractivity contribution in [2.24, 2.45) is 0 Å². The van der Waals surface area contributed by atoms with Crippen molar-refractivity contribution < 1.29 is 4.79 Å². The molecule has 0 unspecified atom stereocenters. The molecule has 3 N–H and O–H groups in total. The van der Waals surface area contributed by atoms with Crippen molar-refractivity contribution >= 4 is 27.5 Å². The molecule has 1 heterocycles. The summed E-state index contributed by atoms with van der Waals surface area (Å²) in [5.41, 5.74) is 6.81. The first-order valence-corrected chi connectivity index (χ1v) is 7.25. The van der Waals surface area contributed by atoms with Crippen LogP contribution in [0, 0.1) is 0 Å². The zero-order chi connectivity index (χ0) is 14.4. The Morgan fingerprint density at radius 1 is 1.40 bits per heavy atom. The third-order valence-electron chi connectivity index (χ3n) is 2.95. The highest BCUT2D eigenvalue weighted by Crippen LogP contribution is 2.18. The van der Waals surface area contributed by atoms with Crippen LogP contribution in [0.5, 0.6) is 0 Å². The predicted octanol–water partition coefficient (Wildman–Crippen LogP) is 2.44. The van der Waals surface area contributed by atoms with Gasteiger partial charge in [0, 0.05) is 35.6 Å². The van der Waals surface area contributed by atoms with Crippen molar-refractivity contribution in [3.8, 4) is 0 Å². The highest BCUT2D eigenvalue weighted by molar-refractivity contribution is 9.10. The summed E-state index contributed by atoms with van der Waals surface area (Å²) in [6, 6.07) is 5.26. The second kappa shape index (κ2) is 7.09. The van der Waals surface area contributed by atoms with Crippen LogP contribution in [0.15, 0.2) is 41.4 Å². The summed E-state index contributed by atoms with van der Waals surface area (Å²) < 4.78 is 2.89. The molecule has 0 radical (unpaired) electrons. The summed E-state index contributed by atoms with van der Waals surface area (Å²) in [6.45, 7) is 1.55. The molecule has 20 heavy (non-hydrogen) atoms. The molecule has 0 saturated carbocycles. The largest absolute Gasteiger partial charge is 0.398 e. The van der Waals surface area contributed by atoms with Crippen LogP contribution in [0.25, 0.3) is 0 Å². The van der Waals surface area contributed by atoms with Crippen LogP contribution >= 0.6 is 15.9 Å². The maximum Gasteiger partial charge on any atom is 0.253 e. The average molecular weight is 337 g/mol. The Bertz CT molecular complexity index is 569. The lowest BCUT2D eigenvalue weighted by Crippen LogP contribution is -2.25. The minimum Gasteiger partial charge on any atom is -0.398 e. The zero-order valence-electron chi connectivity index (χ0n) is 11.1. The number of aromatic nitrogens is 2. The van der Waals surface area contributed by atoms with Gasteiger partial charge in [-0.1, -0.05) is 15.9 Å². The molecule has 5 nitrogen and oxygen atoms in total. The first-order chi connectivity index (χ1) is 9.66. The second-order valence-corrected chi connectivity index (χ2v) is 5.41. The fraction of sp³-hybridized carbons (Fsp3) is 0.286. The van der Waals surface area contributed by atoms with E-state index in [1.807, 2.05) is 16.8 Å². The molecule has 0 atom stereocenters. The average Bonchev–Trinajstić information content (AvgIpc) is 2.91. The quantitative estimate of drug-likeness (QED) is 0.628. The Kier molecular flexibility index (Phi) is 5.17. The molecule has 1 aromatic carbocycles. The van der Waals surface area contributed by atoms with E-state index in [1.165, 1.54) is 0 Å². The van der Waals surface area contributed by atoms with Crippen LogP contribution in [0.4, 0.5) is 5.69 Å². The lowest BCUT2D eigenvalue weighted by Gasteiger charge is -2.08. The minimum absolute atomic E-state index is 0.127. The number of carbonyl (C=O) groups is 1. The monoisotopic (exact) mass is 336 g/mol. The number of nitrogens with zero attached hydrogens (tertiary/aromatic N) is 2. The van der Waals surface area contributed by atoms with Crippen LogP contribution in [0.2, 0.25) is 0 Å². The van der Waals surface area contributed by atoms with E-state index in [0.717, 1.165) is 23.9 Å². The number of halogens is 1. The van der Waals surface area contributed by atoms with Crippen LogP contribution < -0.4 is 11.1 Å². The van der Waals surface area contributed by atoms with E-state index in [9.17, 15) is 4.79 Å². The number of benzene rings is 1. The van der Waals surface area contributed by atoms with E-state index >= 15 is 0 Å². The Morgan fingerprint density at radius 3 is 2.95 bits per heavy atom. The highest BCUT2D eigenvalue weighted by Gasteiger charge is 2.08. The molecule has 0 aliphatic rings. The van der Waals surface area contributed by atoms with Crippen molar-refractivity contribution in [3.63, 3.8) is 0 Å². The van der Waals surface area contributed by atoms with Gasteiger partial charge in [-0.05, 0) is 31.0 Å². The Balaban J connectivity index is 1.72. The molecule has 0 aliphatic carbocycles.